The van der Waals surface area contributed by atoms with Gasteiger partial charge >= 0.3 is 5.97 Å². The lowest BCUT2D eigenvalue weighted by molar-refractivity contribution is -0.209. The number of aliphatic hydroxyl groups excluding tert-OH is 1. The molecule has 0 aliphatic carbocycles. The number of hydrogen-bond acceptors (Lipinski definition) is 5. The number of nitrogens with one attached hydrogen (secondary N) is 1. The van der Waals surface area contributed by atoms with Crippen LogP contribution in [-0.2, 0) is 19.0 Å². The number of carbonyl (C=O) groups excluding carboxylic acids is 1. The van der Waals surface area contributed by atoms with E-state index in [1.807, 2.05) is 6.92 Å². The SMILES string of the molecule is [B]OC1CC(C)(C(=O)O)OC(C(C)C(O)CC)C1NC(C)=O. The normalized spacial score (nSPS) is 34.7. The molecule has 8 heteroatoms. The molecule has 22 heavy (non-hydrogen) atoms. The van der Waals surface area contributed by atoms with Gasteiger partial charge in [-0.2, -0.15) is 0 Å². The van der Waals surface area contributed by atoms with Crippen molar-refractivity contribution in [1.29, 1.82) is 0 Å². The molecular formula is C14H24BNO6. The second-order valence-corrected chi connectivity index (χ2v) is 6.06. The average molecular weight is 313 g/mol. The van der Waals surface area contributed by atoms with Gasteiger partial charge in [0.2, 0.25) is 5.91 Å². The maximum Gasteiger partial charge on any atom is 0.335 e. The molecule has 0 bridgehead atoms. The van der Waals surface area contributed by atoms with Crippen molar-refractivity contribution in [2.75, 3.05) is 0 Å². The zero-order valence-electron chi connectivity index (χ0n) is 13.4. The Balaban J connectivity index is 3.15. The molecule has 0 aromatic heterocycles. The maximum atomic E-state index is 11.5. The molecule has 1 aliphatic rings. The highest BCUT2D eigenvalue weighted by atomic mass is 16.5. The highest BCUT2D eigenvalue weighted by Gasteiger charge is 2.51. The number of aliphatic carboxylic acids is 1. The molecule has 1 heterocycles. The molecule has 6 unspecified atom stereocenters. The van der Waals surface area contributed by atoms with Crippen LogP contribution >= 0.6 is 0 Å². The van der Waals surface area contributed by atoms with Crippen LogP contribution in [0.4, 0.5) is 0 Å². The standard InChI is InChI=1S/C14H24BNO6/c1-5-9(18)7(2)12-11(16-8(3)17)10(22-15)6-14(4,21-12)13(19)20/h7,9-12,18H,5-6H2,1-4H3,(H,16,17)(H,19,20). The maximum absolute atomic E-state index is 11.5. The van der Waals surface area contributed by atoms with E-state index >= 15 is 0 Å². The highest BCUT2D eigenvalue weighted by molar-refractivity contribution is 5.98. The van der Waals surface area contributed by atoms with Crippen LogP contribution in [0.15, 0.2) is 0 Å². The van der Waals surface area contributed by atoms with Gasteiger partial charge in [0, 0.05) is 19.3 Å². The molecule has 1 saturated heterocycles. The largest absolute Gasteiger partial charge is 0.479 e. The molecule has 0 saturated carbocycles. The molecule has 3 N–H and O–H groups in total. The fourth-order valence-corrected chi connectivity index (χ4v) is 2.85. The number of carboxylic acid groups (broad SMARTS) is 1. The number of amides is 1. The van der Waals surface area contributed by atoms with Crippen molar-refractivity contribution in [3.63, 3.8) is 0 Å². The molecule has 7 nitrogen and oxygen atoms in total. The molecule has 1 amide bonds. The minimum Gasteiger partial charge on any atom is -0.479 e. The minimum absolute atomic E-state index is 0.00474. The van der Waals surface area contributed by atoms with E-state index in [0.717, 1.165) is 0 Å². The van der Waals surface area contributed by atoms with Crippen molar-refractivity contribution >= 4 is 19.9 Å². The van der Waals surface area contributed by atoms with E-state index in [-0.39, 0.29) is 12.3 Å². The number of rotatable bonds is 6. The lowest BCUT2D eigenvalue weighted by Crippen LogP contribution is -2.65. The fourth-order valence-electron chi connectivity index (χ4n) is 2.85. The van der Waals surface area contributed by atoms with Gasteiger partial charge in [-0.25, -0.2) is 4.79 Å². The summed E-state index contributed by atoms with van der Waals surface area (Å²) in [5.74, 6) is -1.85. The Morgan fingerprint density at radius 1 is 1.55 bits per heavy atom. The topological polar surface area (TPSA) is 105 Å². The van der Waals surface area contributed by atoms with E-state index < -0.39 is 41.8 Å². The van der Waals surface area contributed by atoms with Crippen LogP contribution < -0.4 is 5.32 Å². The summed E-state index contributed by atoms with van der Waals surface area (Å²) in [6.07, 6.45) is -1.69. The van der Waals surface area contributed by atoms with E-state index in [1.54, 1.807) is 6.92 Å². The third-order valence-electron chi connectivity index (χ3n) is 4.28. The minimum atomic E-state index is -1.49. The van der Waals surface area contributed by atoms with Crippen LogP contribution in [0.5, 0.6) is 0 Å². The third-order valence-corrected chi connectivity index (χ3v) is 4.28. The second kappa shape index (κ2) is 7.43. The van der Waals surface area contributed by atoms with Crippen molar-refractivity contribution in [2.45, 2.75) is 70.5 Å². The molecule has 124 valence electrons. The Kier molecular flexibility index (Phi) is 6.40. The van der Waals surface area contributed by atoms with Gasteiger partial charge in [0.15, 0.2) is 5.60 Å². The van der Waals surface area contributed by atoms with Crippen molar-refractivity contribution in [3.05, 3.63) is 0 Å². The molecule has 1 rings (SSSR count). The van der Waals surface area contributed by atoms with Gasteiger partial charge < -0.3 is 24.9 Å². The van der Waals surface area contributed by atoms with Gasteiger partial charge in [0.25, 0.3) is 8.05 Å². The zero-order chi connectivity index (χ0) is 17.1. The monoisotopic (exact) mass is 313 g/mol. The summed E-state index contributed by atoms with van der Waals surface area (Å²) in [6.45, 7) is 6.33. The predicted octanol–water partition coefficient (Wildman–Crippen LogP) is -0.001000. The highest BCUT2D eigenvalue weighted by Crippen LogP contribution is 2.35. The Morgan fingerprint density at radius 2 is 2.14 bits per heavy atom. The van der Waals surface area contributed by atoms with E-state index in [2.05, 4.69) is 5.32 Å². The summed E-state index contributed by atoms with van der Waals surface area (Å²) in [4.78, 5) is 22.9. The van der Waals surface area contributed by atoms with Crippen molar-refractivity contribution in [1.82, 2.24) is 5.32 Å². The molecule has 0 spiro atoms. The van der Waals surface area contributed by atoms with Gasteiger partial charge in [-0.05, 0) is 13.3 Å². The van der Waals surface area contributed by atoms with E-state index in [4.69, 9.17) is 17.4 Å². The number of carbonyl (C=O) groups is 2. The summed E-state index contributed by atoms with van der Waals surface area (Å²) in [7, 11) is 5.30. The van der Waals surface area contributed by atoms with Crippen LogP contribution in [0.3, 0.4) is 0 Å². The van der Waals surface area contributed by atoms with Gasteiger partial charge in [-0.3, -0.25) is 4.79 Å². The van der Waals surface area contributed by atoms with Gasteiger partial charge in [0.1, 0.15) is 0 Å². The third kappa shape index (κ3) is 4.00. The lowest BCUT2D eigenvalue weighted by atomic mass is 9.80. The number of aliphatic hydroxyl groups is 1. The van der Waals surface area contributed by atoms with E-state index in [1.165, 1.54) is 13.8 Å². The second-order valence-electron chi connectivity index (χ2n) is 6.06. The lowest BCUT2D eigenvalue weighted by Gasteiger charge is -2.48. The van der Waals surface area contributed by atoms with Gasteiger partial charge in [-0.1, -0.05) is 13.8 Å². The first-order chi connectivity index (χ1) is 10.2. The van der Waals surface area contributed by atoms with Crippen molar-refractivity contribution < 1.29 is 29.2 Å². The summed E-state index contributed by atoms with van der Waals surface area (Å²) in [6, 6.07) is -0.633. The molecule has 1 aliphatic heterocycles. The Morgan fingerprint density at radius 3 is 2.55 bits per heavy atom. The predicted molar refractivity (Wildman–Crippen MR) is 79.2 cm³/mol. The Bertz CT molecular complexity index is 420. The fraction of sp³-hybridized carbons (Fsp3) is 0.857. The summed E-state index contributed by atoms with van der Waals surface area (Å²) in [5, 5.41) is 22.2. The van der Waals surface area contributed by atoms with Crippen LogP contribution in [0.2, 0.25) is 0 Å². The number of ether oxygens (including phenoxy) is 1. The Hall–Kier alpha value is -1.12. The molecule has 0 aromatic rings. The quantitative estimate of drug-likeness (QED) is 0.596. The van der Waals surface area contributed by atoms with E-state index in [0.29, 0.717) is 6.42 Å². The van der Waals surface area contributed by atoms with E-state index in [9.17, 15) is 19.8 Å². The number of carboxylic acids is 1. The smallest absolute Gasteiger partial charge is 0.335 e. The molecule has 0 aromatic carbocycles. The first-order valence-electron chi connectivity index (χ1n) is 7.38. The average Bonchev–Trinajstić information content (AvgIpc) is 2.46. The molecule has 6 atom stereocenters. The van der Waals surface area contributed by atoms with Gasteiger partial charge in [0.05, 0.1) is 24.4 Å². The van der Waals surface area contributed by atoms with Crippen molar-refractivity contribution in [2.24, 2.45) is 5.92 Å². The van der Waals surface area contributed by atoms with Crippen LogP contribution in [0.25, 0.3) is 0 Å². The van der Waals surface area contributed by atoms with Crippen LogP contribution in [0.1, 0.15) is 40.5 Å². The van der Waals surface area contributed by atoms with Crippen molar-refractivity contribution in [3.8, 4) is 0 Å². The summed E-state index contributed by atoms with van der Waals surface area (Å²) in [5.41, 5.74) is -1.49. The van der Waals surface area contributed by atoms with Crippen LogP contribution in [-0.4, -0.2) is 60.1 Å². The van der Waals surface area contributed by atoms with Crippen LogP contribution in [0, 0.1) is 5.92 Å². The van der Waals surface area contributed by atoms with Gasteiger partial charge in [-0.15, -0.1) is 0 Å². The molecular weight excluding hydrogens is 289 g/mol. The molecule has 2 radical (unpaired) electrons. The Labute approximate surface area is 131 Å². The molecule has 1 fully saturated rings. The number of hydrogen-bond donors (Lipinski definition) is 3. The zero-order valence-corrected chi connectivity index (χ0v) is 13.4. The summed E-state index contributed by atoms with van der Waals surface area (Å²) >= 11 is 0. The summed E-state index contributed by atoms with van der Waals surface area (Å²) < 4.78 is 10.7. The first kappa shape index (κ1) is 18.9. The first-order valence-corrected chi connectivity index (χ1v) is 7.38.